The molecule has 0 aromatic heterocycles. The summed E-state index contributed by atoms with van der Waals surface area (Å²) in [7, 11) is 0. The Labute approximate surface area is 178 Å². The summed E-state index contributed by atoms with van der Waals surface area (Å²) >= 11 is 0. The van der Waals surface area contributed by atoms with Crippen LogP contribution in [0.3, 0.4) is 0 Å². The topological polar surface area (TPSA) is 55.8 Å². The van der Waals surface area contributed by atoms with Gasteiger partial charge in [0, 0.05) is 31.4 Å². The van der Waals surface area contributed by atoms with Crippen molar-refractivity contribution in [2.24, 2.45) is 0 Å². The van der Waals surface area contributed by atoms with Crippen molar-refractivity contribution < 1.29 is 19.1 Å². The van der Waals surface area contributed by atoms with E-state index in [9.17, 15) is 9.59 Å². The number of ether oxygens (including phenoxy) is 2. The minimum atomic E-state index is 0.0257. The summed E-state index contributed by atoms with van der Waals surface area (Å²) in [5.74, 6) is 1.60. The lowest BCUT2D eigenvalue weighted by Gasteiger charge is -2.25. The number of benzene rings is 2. The van der Waals surface area contributed by atoms with Crippen LogP contribution in [0.1, 0.15) is 65.2 Å². The number of carbonyl (C=O) groups is 2. The third kappa shape index (κ3) is 4.35. The minimum absolute atomic E-state index is 0.0257. The van der Waals surface area contributed by atoms with E-state index >= 15 is 0 Å². The van der Waals surface area contributed by atoms with Crippen LogP contribution in [-0.2, 0) is 4.79 Å². The number of hydrogen-bond acceptors (Lipinski definition) is 4. The van der Waals surface area contributed by atoms with Gasteiger partial charge in [0.1, 0.15) is 0 Å². The lowest BCUT2D eigenvalue weighted by Crippen LogP contribution is -2.30. The molecule has 0 radical (unpaired) electrons. The first kappa shape index (κ1) is 20.5. The number of fused-ring (bicyclic) bond motifs is 1. The molecular formula is C25H29NO4. The maximum absolute atomic E-state index is 12.9. The van der Waals surface area contributed by atoms with Crippen molar-refractivity contribution in [3.63, 3.8) is 0 Å². The van der Waals surface area contributed by atoms with Crippen LogP contribution >= 0.6 is 0 Å². The highest BCUT2D eigenvalue weighted by Gasteiger charge is 2.30. The third-order valence-corrected chi connectivity index (χ3v) is 6.12. The highest BCUT2D eigenvalue weighted by atomic mass is 16.5. The number of ketones is 1. The second-order valence-corrected chi connectivity index (χ2v) is 8.22. The zero-order valence-electron chi connectivity index (χ0n) is 17.8. The molecule has 1 saturated heterocycles. The molecule has 1 amide bonds. The third-order valence-electron chi connectivity index (χ3n) is 6.12. The van der Waals surface area contributed by atoms with E-state index in [-0.39, 0.29) is 30.6 Å². The predicted molar refractivity (Wildman–Crippen MR) is 115 cm³/mol. The normalized spacial score (nSPS) is 18.2. The van der Waals surface area contributed by atoms with Crippen LogP contribution < -0.4 is 9.47 Å². The SMILES string of the molecule is Cc1ccc(C(=O)CCC(=O)N2CCC[C@H]2c2ccc3c(c2)OCCCO3)cc1C. The molecule has 4 rings (SSSR count). The van der Waals surface area contributed by atoms with Gasteiger partial charge in [-0.15, -0.1) is 0 Å². The van der Waals surface area contributed by atoms with Crippen LogP contribution in [0, 0.1) is 13.8 Å². The number of likely N-dealkylation sites (tertiary alicyclic amines) is 1. The van der Waals surface area contributed by atoms with Gasteiger partial charge in [-0.05, 0) is 61.6 Å². The Balaban J connectivity index is 1.42. The van der Waals surface area contributed by atoms with Gasteiger partial charge in [0.15, 0.2) is 17.3 Å². The first-order valence-electron chi connectivity index (χ1n) is 10.8. The molecule has 2 aromatic carbocycles. The fourth-order valence-electron chi connectivity index (χ4n) is 4.22. The van der Waals surface area contributed by atoms with E-state index in [0.717, 1.165) is 54.0 Å². The van der Waals surface area contributed by atoms with Crippen LogP contribution in [0.25, 0.3) is 0 Å². The molecule has 0 spiro atoms. The monoisotopic (exact) mass is 407 g/mol. The smallest absolute Gasteiger partial charge is 0.223 e. The lowest BCUT2D eigenvalue weighted by molar-refractivity contribution is -0.132. The van der Waals surface area contributed by atoms with Crippen molar-refractivity contribution in [3.8, 4) is 11.5 Å². The Morgan fingerprint density at radius 3 is 2.53 bits per heavy atom. The van der Waals surface area contributed by atoms with Crippen molar-refractivity contribution in [1.82, 2.24) is 4.90 Å². The molecule has 1 fully saturated rings. The summed E-state index contributed by atoms with van der Waals surface area (Å²) in [5.41, 5.74) is 4.02. The maximum Gasteiger partial charge on any atom is 0.223 e. The van der Waals surface area contributed by atoms with Gasteiger partial charge in [0.25, 0.3) is 0 Å². The van der Waals surface area contributed by atoms with Crippen molar-refractivity contribution in [2.75, 3.05) is 19.8 Å². The Kier molecular flexibility index (Phi) is 6.07. The number of hydrogen-bond donors (Lipinski definition) is 0. The molecule has 30 heavy (non-hydrogen) atoms. The highest BCUT2D eigenvalue weighted by Crippen LogP contribution is 2.38. The second kappa shape index (κ2) is 8.90. The van der Waals surface area contributed by atoms with Gasteiger partial charge < -0.3 is 14.4 Å². The van der Waals surface area contributed by atoms with Gasteiger partial charge >= 0.3 is 0 Å². The van der Waals surface area contributed by atoms with E-state index < -0.39 is 0 Å². The number of amides is 1. The van der Waals surface area contributed by atoms with Gasteiger partial charge in [0.2, 0.25) is 5.91 Å². The maximum atomic E-state index is 12.9. The largest absolute Gasteiger partial charge is 0.490 e. The highest BCUT2D eigenvalue weighted by molar-refractivity contribution is 5.98. The Morgan fingerprint density at radius 2 is 1.73 bits per heavy atom. The average Bonchev–Trinajstić information content (AvgIpc) is 3.12. The summed E-state index contributed by atoms with van der Waals surface area (Å²) in [6.07, 6.45) is 3.25. The number of nitrogens with zero attached hydrogens (tertiary/aromatic N) is 1. The van der Waals surface area contributed by atoms with Gasteiger partial charge in [0.05, 0.1) is 19.3 Å². The fraction of sp³-hybridized carbons (Fsp3) is 0.440. The van der Waals surface area contributed by atoms with Crippen LogP contribution in [0.15, 0.2) is 36.4 Å². The number of Topliss-reactive ketones (excluding diaryl/α,β-unsaturated/α-hetero) is 1. The second-order valence-electron chi connectivity index (χ2n) is 8.22. The summed E-state index contributed by atoms with van der Waals surface area (Å²) in [6.45, 7) is 6.07. The molecule has 0 saturated carbocycles. The molecule has 2 aliphatic heterocycles. The van der Waals surface area contributed by atoms with E-state index in [4.69, 9.17) is 9.47 Å². The Bertz CT molecular complexity index is 952. The molecule has 2 aliphatic rings. The van der Waals surface area contributed by atoms with Crippen molar-refractivity contribution in [3.05, 3.63) is 58.7 Å². The van der Waals surface area contributed by atoms with E-state index in [1.165, 1.54) is 0 Å². The van der Waals surface area contributed by atoms with Crippen LogP contribution in [0.5, 0.6) is 11.5 Å². The standard InChI is InChI=1S/C25H29NO4/c1-17-6-7-20(15-18(17)2)22(27)9-11-25(28)26-12-3-5-21(26)19-8-10-23-24(16-19)30-14-4-13-29-23/h6-8,10,15-16,21H,3-5,9,11-14H2,1-2H3/t21-/m0/s1. The molecule has 0 N–H and O–H groups in total. The molecular weight excluding hydrogens is 378 g/mol. The van der Waals surface area contributed by atoms with E-state index in [1.807, 2.05) is 55.1 Å². The summed E-state index contributed by atoms with van der Waals surface area (Å²) in [6, 6.07) is 11.8. The zero-order valence-corrected chi connectivity index (χ0v) is 17.8. The predicted octanol–water partition coefficient (Wildman–Crippen LogP) is 4.79. The molecule has 5 nitrogen and oxygen atoms in total. The molecule has 0 unspecified atom stereocenters. The fourth-order valence-corrected chi connectivity index (χ4v) is 4.22. The molecule has 0 bridgehead atoms. The average molecular weight is 408 g/mol. The molecule has 5 heteroatoms. The first-order chi connectivity index (χ1) is 14.5. The van der Waals surface area contributed by atoms with E-state index in [0.29, 0.717) is 18.8 Å². The van der Waals surface area contributed by atoms with Gasteiger partial charge in [-0.25, -0.2) is 0 Å². The number of rotatable bonds is 5. The van der Waals surface area contributed by atoms with Crippen molar-refractivity contribution in [2.45, 2.75) is 52.0 Å². The van der Waals surface area contributed by atoms with Gasteiger partial charge in [-0.1, -0.05) is 18.2 Å². The number of aryl methyl sites for hydroxylation is 2. The Morgan fingerprint density at radius 1 is 0.933 bits per heavy atom. The zero-order chi connectivity index (χ0) is 21.1. The first-order valence-corrected chi connectivity index (χ1v) is 10.8. The lowest BCUT2D eigenvalue weighted by atomic mass is 10.0. The summed E-state index contributed by atoms with van der Waals surface area (Å²) in [4.78, 5) is 27.4. The van der Waals surface area contributed by atoms with Crippen molar-refractivity contribution in [1.29, 1.82) is 0 Å². The van der Waals surface area contributed by atoms with E-state index in [2.05, 4.69) is 0 Å². The van der Waals surface area contributed by atoms with Crippen LogP contribution in [0.4, 0.5) is 0 Å². The summed E-state index contributed by atoms with van der Waals surface area (Å²) < 4.78 is 11.5. The molecule has 158 valence electrons. The Hall–Kier alpha value is -2.82. The number of carbonyl (C=O) groups excluding carboxylic acids is 2. The summed E-state index contributed by atoms with van der Waals surface area (Å²) in [5, 5.41) is 0. The molecule has 2 heterocycles. The van der Waals surface area contributed by atoms with Gasteiger partial charge in [-0.3, -0.25) is 9.59 Å². The van der Waals surface area contributed by atoms with Gasteiger partial charge in [-0.2, -0.15) is 0 Å². The molecule has 1 atom stereocenters. The molecule has 0 aliphatic carbocycles. The molecule has 2 aromatic rings. The van der Waals surface area contributed by atoms with Crippen LogP contribution in [0.2, 0.25) is 0 Å². The quantitative estimate of drug-likeness (QED) is 0.669. The van der Waals surface area contributed by atoms with Crippen molar-refractivity contribution >= 4 is 11.7 Å². The van der Waals surface area contributed by atoms with Crippen LogP contribution in [-0.4, -0.2) is 36.3 Å². The van der Waals surface area contributed by atoms with E-state index in [1.54, 1.807) is 0 Å². The minimum Gasteiger partial charge on any atom is -0.490 e.